The Balaban J connectivity index is 1.91. The van der Waals surface area contributed by atoms with E-state index in [1.807, 2.05) is 6.92 Å². The highest BCUT2D eigenvalue weighted by molar-refractivity contribution is 5.48. The second-order valence-corrected chi connectivity index (χ2v) is 4.98. The summed E-state index contributed by atoms with van der Waals surface area (Å²) in [6, 6.07) is 8.67. The van der Waals surface area contributed by atoms with E-state index in [1.165, 1.54) is 11.3 Å². The van der Waals surface area contributed by atoms with Gasteiger partial charge in [0.1, 0.15) is 0 Å². The first-order valence-electron chi connectivity index (χ1n) is 6.37. The van der Waals surface area contributed by atoms with Crippen LogP contribution in [0.25, 0.3) is 0 Å². The monoisotopic (exact) mass is 234 g/mol. The number of aryl methyl sites for hydroxylation is 1. The lowest BCUT2D eigenvalue weighted by atomic mass is 10.2. The van der Waals surface area contributed by atoms with Crippen LogP contribution in [0.15, 0.2) is 24.3 Å². The Morgan fingerprint density at radius 3 is 2.53 bits per heavy atom. The summed E-state index contributed by atoms with van der Waals surface area (Å²) in [6.45, 7) is 8.96. The van der Waals surface area contributed by atoms with Crippen LogP contribution in [-0.4, -0.2) is 48.8 Å². The molecular formula is C14H22N2O. The van der Waals surface area contributed by atoms with Crippen molar-refractivity contribution >= 4 is 5.69 Å². The van der Waals surface area contributed by atoms with Crippen LogP contribution in [0, 0.1) is 6.92 Å². The van der Waals surface area contributed by atoms with Gasteiger partial charge in [-0.1, -0.05) is 12.1 Å². The fraction of sp³-hybridized carbons (Fsp3) is 0.571. The molecule has 0 saturated carbocycles. The fourth-order valence-electron chi connectivity index (χ4n) is 2.39. The quantitative estimate of drug-likeness (QED) is 0.858. The summed E-state index contributed by atoms with van der Waals surface area (Å²) < 4.78 is 0. The molecule has 3 nitrogen and oxygen atoms in total. The number of hydrogen-bond donors (Lipinski definition) is 1. The summed E-state index contributed by atoms with van der Waals surface area (Å²) in [5.41, 5.74) is 2.63. The molecule has 1 heterocycles. The van der Waals surface area contributed by atoms with Crippen molar-refractivity contribution in [3.8, 4) is 0 Å². The van der Waals surface area contributed by atoms with Crippen LogP contribution in [0.2, 0.25) is 0 Å². The molecule has 1 aromatic rings. The molecule has 2 rings (SSSR count). The number of aliphatic hydroxyl groups excluding tert-OH is 1. The first-order chi connectivity index (χ1) is 8.15. The van der Waals surface area contributed by atoms with E-state index >= 15 is 0 Å². The molecule has 1 aliphatic heterocycles. The predicted octanol–water partition coefficient (Wildman–Crippen LogP) is 1.50. The Kier molecular flexibility index (Phi) is 4.02. The van der Waals surface area contributed by atoms with Gasteiger partial charge in [-0.15, -0.1) is 0 Å². The summed E-state index contributed by atoms with van der Waals surface area (Å²) in [5.74, 6) is 0. The Hall–Kier alpha value is -1.06. The minimum Gasteiger partial charge on any atom is -0.392 e. The minimum atomic E-state index is -0.222. The number of piperazine rings is 1. The summed E-state index contributed by atoms with van der Waals surface area (Å²) in [6.07, 6.45) is -0.222. The van der Waals surface area contributed by atoms with Crippen molar-refractivity contribution in [2.45, 2.75) is 20.0 Å². The summed E-state index contributed by atoms with van der Waals surface area (Å²) in [4.78, 5) is 4.75. The van der Waals surface area contributed by atoms with Crippen molar-refractivity contribution in [3.05, 3.63) is 29.8 Å². The van der Waals surface area contributed by atoms with Crippen molar-refractivity contribution in [1.29, 1.82) is 0 Å². The van der Waals surface area contributed by atoms with Gasteiger partial charge in [-0.3, -0.25) is 4.90 Å². The first kappa shape index (κ1) is 12.4. The predicted molar refractivity (Wildman–Crippen MR) is 71.5 cm³/mol. The van der Waals surface area contributed by atoms with E-state index in [2.05, 4.69) is 41.0 Å². The summed E-state index contributed by atoms with van der Waals surface area (Å²) >= 11 is 0. The van der Waals surface area contributed by atoms with Gasteiger partial charge in [0.2, 0.25) is 0 Å². The molecule has 0 radical (unpaired) electrons. The molecule has 1 aliphatic rings. The second kappa shape index (κ2) is 5.52. The lowest BCUT2D eigenvalue weighted by Crippen LogP contribution is -2.48. The molecule has 17 heavy (non-hydrogen) atoms. The number of aliphatic hydroxyl groups is 1. The molecule has 1 atom stereocenters. The van der Waals surface area contributed by atoms with Crippen LogP contribution < -0.4 is 4.90 Å². The van der Waals surface area contributed by atoms with E-state index < -0.39 is 0 Å². The number of β-amino-alcohol motifs (C(OH)–C–C–N with tert-alkyl or cyclic N) is 1. The third-order valence-corrected chi connectivity index (χ3v) is 3.26. The zero-order valence-electron chi connectivity index (χ0n) is 10.8. The molecule has 1 saturated heterocycles. The molecule has 0 spiro atoms. The average molecular weight is 234 g/mol. The number of anilines is 1. The van der Waals surface area contributed by atoms with Crippen molar-refractivity contribution in [2.24, 2.45) is 0 Å². The molecule has 1 aromatic carbocycles. The molecule has 0 amide bonds. The molecule has 0 bridgehead atoms. The Bertz CT molecular complexity index is 357. The van der Waals surface area contributed by atoms with E-state index in [4.69, 9.17) is 0 Å². The number of benzene rings is 1. The SMILES string of the molecule is Cc1cccc(N2CCN(CC(C)O)CC2)c1. The maximum absolute atomic E-state index is 9.37. The van der Waals surface area contributed by atoms with E-state index in [-0.39, 0.29) is 6.10 Å². The van der Waals surface area contributed by atoms with Crippen LogP contribution in [0.5, 0.6) is 0 Å². The zero-order valence-corrected chi connectivity index (χ0v) is 10.8. The van der Waals surface area contributed by atoms with Crippen molar-refractivity contribution in [1.82, 2.24) is 4.90 Å². The number of rotatable bonds is 3. The van der Waals surface area contributed by atoms with Crippen LogP contribution in [0.1, 0.15) is 12.5 Å². The van der Waals surface area contributed by atoms with Gasteiger partial charge in [0.15, 0.2) is 0 Å². The molecule has 1 fully saturated rings. The van der Waals surface area contributed by atoms with Gasteiger partial charge in [-0.2, -0.15) is 0 Å². The number of nitrogens with zero attached hydrogens (tertiary/aromatic N) is 2. The van der Waals surface area contributed by atoms with Crippen molar-refractivity contribution < 1.29 is 5.11 Å². The average Bonchev–Trinajstić information content (AvgIpc) is 2.29. The normalized spacial score (nSPS) is 19.4. The topological polar surface area (TPSA) is 26.7 Å². The maximum atomic E-state index is 9.37. The maximum Gasteiger partial charge on any atom is 0.0639 e. The van der Waals surface area contributed by atoms with Gasteiger partial charge in [0.25, 0.3) is 0 Å². The third kappa shape index (κ3) is 3.45. The van der Waals surface area contributed by atoms with Crippen LogP contribution in [0.3, 0.4) is 0 Å². The van der Waals surface area contributed by atoms with Crippen LogP contribution in [0.4, 0.5) is 5.69 Å². The Labute approximate surface area is 104 Å². The standard InChI is InChI=1S/C14H22N2O/c1-12-4-3-5-14(10-12)16-8-6-15(7-9-16)11-13(2)17/h3-5,10,13,17H,6-9,11H2,1-2H3. The van der Waals surface area contributed by atoms with E-state index in [0.717, 1.165) is 32.7 Å². The van der Waals surface area contributed by atoms with E-state index in [1.54, 1.807) is 0 Å². The molecule has 1 unspecified atom stereocenters. The fourth-order valence-corrected chi connectivity index (χ4v) is 2.39. The molecule has 0 aliphatic carbocycles. The molecule has 0 aromatic heterocycles. The van der Waals surface area contributed by atoms with Crippen LogP contribution in [-0.2, 0) is 0 Å². The molecular weight excluding hydrogens is 212 g/mol. The van der Waals surface area contributed by atoms with Crippen molar-refractivity contribution in [3.63, 3.8) is 0 Å². The minimum absolute atomic E-state index is 0.222. The largest absolute Gasteiger partial charge is 0.392 e. The van der Waals surface area contributed by atoms with Gasteiger partial charge in [0, 0.05) is 38.4 Å². The third-order valence-electron chi connectivity index (χ3n) is 3.26. The second-order valence-electron chi connectivity index (χ2n) is 4.98. The van der Waals surface area contributed by atoms with Gasteiger partial charge in [-0.05, 0) is 31.5 Å². The number of hydrogen-bond acceptors (Lipinski definition) is 3. The van der Waals surface area contributed by atoms with Gasteiger partial charge < -0.3 is 10.0 Å². The van der Waals surface area contributed by atoms with Crippen molar-refractivity contribution in [2.75, 3.05) is 37.6 Å². The van der Waals surface area contributed by atoms with E-state index in [9.17, 15) is 5.11 Å². The summed E-state index contributed by atoms with van der Waals surface area (Å²) in [5, 5.41) is 9.37. The van der Waals surface area contributed by atoms with Gasteiger partial charge in [0.05, 0.1) is 6.10 Å². The highest BCUT2D eigenvalue weighted by Gasteiger charge is 2.17. The Morgan fingerprint density at radius 2 is 1.94 bits per heavy atom. The zero-order chi connectivity index (χ0) is 12.3. The van der Waals surface area contributed by atoms with Gasteiger partial charge >= 0.3 is 0 Å². The summed E-state index contributed by atoms with van der Waals surface area (Å²) in [7, 11) is 0. The molecule has 3 heteroatoms. The highest BCUT2D eigenvalue weighted by atomic mass is 16.3. The molecule has 1 N–H and O–H groups in total. The first-order valence-corrected chi connectivity index (χ1v) is 6.37. The Morgan fingerprint density at radius 1 is 1.24 bits per heavy atom. The lowest BCUT2D eigenvalue weighted by molar-refractivity contribution is 0.123. The van der Waals surface area contributed by atoms with E-state index in [0.29, 0.717) is 0 Å². The lowest BCUT2D eigenvalue weighted by Gasteiger charge is -2.36. The van der Waals surface area contributed by atoms with Gasteiger partial charge in [-0.25, -0.2) is 0 Å². The highest BCUT2D eigenvalue weighted by Crippen LogP contribution is 2.17. The van der Waals surface area contributed by atoms with Crippen LogP contribution >= 0.6 is 0 Å². The smallest absolute Gasteiger partial charge is 0.0639 e. The molecule has 94 valence electrons.